The molecule has 4 aliphatic rings. The van der Waals surface area contributed by atoms with Crippen LogP contribution >= 0.6 is 0 Å². The minimum atomic E-state index is -0.604. The fourth-order valence-corrected chi connectivity index (χ4v) is 5.33. The number of ether oxygens (including phenoxy) is 1. The van der Waals surface area contributed by atoms with E-state index in [0.29, 0.717) is 31.1 Å². The number of imide groups is 1. The Morgan fingerprint density at radius 3 is 2.73 bits per heavy atom. The predicted octanol–water partition coefficient (Wildman–Crippen LogP) is 0.814. The lowest BCUT2D eigenvalue weighted by Crippen LogP contribution is -2.52. The number of aliphatic hydroxyl groups excluding tert-OH is 1. The van der Waals surface area contributed by atoms with Gasteiger partial charge in [0.25, 0.3) is 5.91 Å². The van der Waals surface area contributed by atoms with Crippen LogP contribution in [0.5, 0.6) is 5.75 Å². The first-order valence-electron chi connectivity index (χ1n) is 10.9. The quantitative estimate of drug-likeness (QED) is 0.709. The molecule has 8 nitrogen and oxygen atoms in total. The molecule has 30 heavy (non-hydrogen) atoms. The molecule has 1 aromatic carbocycles. The van der Waals surface area contributed by atoms with Gasteiger partial charge in [0.05, 0.1) is 6.10 Å². The van der Waals surface area contributed by atoms with Crippen molar-refractivity contribution in [3.63, 3.8) is 0 Å². The molecule has 0 radical (unpaired) electrons. The third-order valence-electron chi connectivity index (χ3n) is 6.86. The Kier molecular flexibility index (Phi) is 4.99. The number of β-amino-alcohol motifs (C(OH)–C–C–N with tert-alkyl or cyclic N) is 1. The molecular formula is C22H27N3O5. The minimum absolute atomic E-state index is 0.0803. The lowest BCUT2D eigenvalue weighted by Gasteiger charge is -2.29. The molecule has 3 amide bonds. The smallest absolute Gasteiger partial charge is 0.255 e. The van der Waals surface area contributed by atoms with E-state index in [-0.39, 0.29) is 30.4 Å². The Morgan fingerprint density at radius 2 is 1.97 bits per heavy atom. The average molecular weight is 413 g/mol. The van der Waals surface area contributed by atoms with Gasteiger partial charge in [-0.25, -0.2) is 0 Å². The van der Waals surface area contributed by atoms with Crippen molar-refractivity contribution in [2.75, 3.05) is 13.1 Å². The van der Waals surface area contributed by atoms with Crippen molar-refractivity contribution in [3.8, 4) is 5.75 Å². The number of hydrogen-bond acceptors (Lipinski definition) is 6. The number of hydrogen-bond donors (Lipinski definition) is 2. The molecule has 8 heteroatoms. The SMILES string of the molecule is O=C1CCC(N2Cc3cc(OC4CCCC4N4CCC(O)C4)ccc3C2=O)C(=O)N1. The summed E-state index contributed by atoms with van der Waals surface area (Å²) in [7, 11) is 0. The van der Waals surface area contributed by atoms with Crippen LogP contribution in [0.15, 0.2) is 18.2 Å². The zero-order chi connectivity index (χ0) is 20.8. The van der Waals surface area contributed by atoms with Gasteiger partial charge in [-0.1, -0.05) is 0 Å². The van der Waals surface area contributed by atoms with Gasteiger partial charge in [-0.3, -0.25) is 24.6 Å². The summed E-state index contributed by atoms with van der Waals surface area (Å²) in [5, 5.41) is 12.2. The van der Waals surface area contributed by atoms with Crippen molar-refractivity contribution in [1.82, 2.24) is 15.1 Å². The van der Waals surface area contributed by atoms with Gasteiger partial charge < -0.3 is 14.7 Å². The van der Waals surface area contributed by atoms with E-state index >= 15 is 0 Å². The molecular weight excluding hydrogens is 386 g/mol. The number of fused-ring (bicyclic) bond motifs is 1. The molecule has 160 valence electrons. The molecule has 0 spiro atoms. The third kappa shape index (κ3) is 3.48. The average Bonchev–Trinajstić information content (AvgIpc) is 3.41. The molecule has 0 aromatic heterocycles. The number of nitrogens with zero attached hydrogens (tertiary/aromatic N) is 2. The van der Waals surface area contributed by atoms with Crippen molar-refractivity contribution in [2.45, 2.75) is 69.4 Å². The van der Waals surface area contributed by atoms with Crippen molar-refractivity contribution < 1.29 is 24.2 Å². The van der Waals surface area contributed by atoms with Crippen LogP contribution in [-0.2, 0) is 16.1 Å². The largest absolute Gasteiger partial charge is 0.489 e. The second-order valence-electron chi connectivity index (χ2n) is 8.81. The summed E-state index contributed by atoms with van der Waals surface area (Å²) in [4.78, 5) is 40.3. The highest BCUT2D eigenvalue weighted by atomic mass is 16.5. The number of aliphatic hydroxyl groups is 1. The summed E-state index contributed by atoms with van der Waals surface area (Å²) >= 11 is 0. The predicted molar refractivity (Wildman–Crippen MR) is 107 cm³/mol. The topological polar surface area (TPSA) is 99.2 Å². The van der Waals surface area contributed by atoms with Gasteiger partial charge in [0.1, 0.15) is 17.9 Å². The Bertz CT molecular complexity index is 888. The first kappa shape index (κ1) is 19.5. The molecule has 3 heterocycles. The van der Waals surface area contributed by atoms with E-state index in [1.807, 2.05) is 12.1 Å². The van der Waals surface area contributed by atoms with Crippen LogP contribution in [-0.4, -0.2) is 70.0 Å². The number of rotatable bonds is 4. The van der Waals surface area contributed by atoms with Crippen molar-refractivity contribution in [2.24, 2.45) is 0 Å². The number of carbonyl (C=O) groups is 3. The molecule has 1 aromatic rings. The number of carbonyl (C=O) groups excluding carboxylic acids is 3. The summed E-state index contributed by atoms with van der Waals surface area (Å²) in [6, 6.07) is 5.24. The highest BCUT2D eigenvalue weighted by molar-refractivity contribution is 6.05. The lowest BCUT2D eigenvalue weighted by molar-refractivity contribution is -0.136. The first-order valence-corrected chi connectivity index (χ1v) is 10.9. The highest BCUT2D eigenvalue weighted by Gasteiger charge is 2.40. The molecule has 3 fully saturated rings. The van der Waals surface area contributed by atoms with E-state index in [9.17, 15) is 19.5 Å². The molecule has 1 aliphatic carbocycles. The molecule has 4 unspecified atom stereocenters. The zero-order valence-corrected chi connectivity index (χ0v) is 16.9. The second kappa shape index (κ2) is 7.67. The third-order valence-corrected chi connectivity index (χ3v) is 6.86. The number of piperidine rings is 1. The first-order chi connectivity index (χ1) is 14.5. The van der Waals surface area contributed by atoms with Gasteiger partial charge in [0.2, 0.25) is 11.8 Å². The molecule has 2 N–H and O–H groups in total. The molecule has 3 aliphatic heterocycles. The fraction of sp³-hybridized carbons (Fsp3) is 0.591. The van der Waals surface area contributed by atoms with Crippen LogP contribution in [0.2, 0.25) is 0 Å². The number of nitrogens with one attached hydrogen (secondary N) is 1. The Hall–Kier alpha value is -2.45. The van der Waals surface area contributed by atoms with Gasteiger partial charge in [-0.15, -0.1) is 0 Å². The van der Waals surface area contributed by atoms with E-state index in [1.54, 1.807) is 11.0 Å². The Morgan fingerprint density at radius 1 is 1.10 bits per heavy atom. The number of amides is 3. The van der Waals surface area contributed by atoms with Crippen LogP contribution in [0.25, 0.3) is 0 Å². The Labute approximate surface area is 175 Å². The van der Waals surface area contributed by atoms with Crippen LogP contribution in [0, 0.1) is 0 Å². The molecule has 5 rings (SSSR count). The maximum Gasteiger partial charge on any atom is 0.255 e. The summed E-state index contributed by atoms with van der Waals surface area (Å²) < 4.78 is 6.33. The normalized spacial score (nSPS) is 31.9. The summed E-state index contributed by atoms with van der Waals surface area (Å²) in [6.07, 6.45) is 4.43. The second-order valence-corrected chi connectivity index (χ2v) is 8.81. The van der Waals surface area contributed by atoms with Crippen molar-refractivity contribution in [1.29, 1.82) is 0 Å². The zero-order valence-electron chi connectivity index (χ0n) is 16.9. The van der Waals surface area contributed by atoms with Crippen LogP contribution < -0.4 is 10.1 Å². The number of benzene rings is 1. The summed E-state index contributed by atoms with van der Waals surface area (Å²) in [6.45, 7) is 1.97. The monoisotopic (exact) mass is 413 g/mol. The highest BCUT2D eigenvalue weighted by Crippen LogP contribution is 2.34. The van der Waals surface area contributed by atoms with Gasteiger partial charge in [-0.05, 0) is 55.9 Å². The van der Waals surface area contributed by atoms with Crippen molar-refractivity contribution in [3.05, 3.63) is 29.3 Å². The van der Waals surface area contributed by atoms with Crippen molar-refractivity contribution >= 4 is 17.7 Å². The fourth-order valence-electron chi connectivity index (χ4n) is 5.33. The maximum atomic E-state index is 12.8. The van der Waals surface area contributed by atoms with E-state index < -0.39 is 11.9 Å². The van der Waals surface area contributed by atoms with E-state index in [1.165, 1.54) is 0 Å². The van der Waals surface area contributed by atoms with E-state index in [2.05, 4.69) is 10.2 Å². The van der Waals surface area contributed by atoms with E-state index in [0.717, 1.165) is 43.5 Å². The van der Waals surface area contributed by atoms with Crippen LogP contribution in [0.3, 0.4) is 0 Å². The molecule has 1 saturated carbocycles. The number of likely N-dealkylation sites (tertiary alicyclic amines) is 1. The van der Waals surface area contributed by atoms with Crippen LogP contribution in [0.4, 0.5) is 0 Å². The standard InChI is InChI=1S/C22H27N3O5/c26-14-8-9-24(12-14)17-2-1-3-19(17)30-15-4-5-16-13(10-15)11-25(22(16)29)18-6-7-20(27)23-21(18)28/h4-5,10,14,17-19,26H,1-3,6-9,11-12H2,(H,23,27,28). The summed E-state index contributed by atoms with van der Waals surface area (Å²) in [5.41, 5.74) is 1.45. The molecule has 2 saturated heterocycles. The molecule has 0 bridgehead atoms. The lowest BCUT2D eigenvalue weighted by atomic mass is 10.0. The van der Waals surface area contributed by atoms with Gasteiger partial charge in [0, 0.05) is 37.7 Å². The minimum Gasteiger partial charge on any atom is -0.489 e. The van der Waals surface area contributed by atoms with E-state index in [4.69, 9.17) is 4.74 Å². The summed E-state index contributed by atoms with van der Waals surface area (Å²) in [5.74, 6) is -0.114. The van der Waals surface area contributed by atoms with Crippen LogP contribution in [0.1, 0.15) is 54.4 Å². The molecule has 4 atom stereocenters. The van der Waals surface area contributed by atoms with Gasteiger partial charge >= 0.3 is 0 Å². The Balaban J connectivity index is 1.29. The van der Waals surface area contributed by atoms with Gasteiger partial charge in [0.15, 0.2) is 0 Å². The maximum absolute atomic E-state index is 12.8. The van der Waals surface area contributed by atoms with Gasteiger partial charge in [-0.2, -0.15) is 0 Å².